The number of carbonyl (C=O) groups is 2. The van der Waals surface area contributed by atoms with Gasteiger partial charge in [-0.3, -0.25) is 9.59 Å². The minimum atomic E-state index is -0.464. The summed E-state index contributed by atoms with van der Waals surface area (Å²) in [5.41, 5.74) is 4.36. The van der Waals surface area contributed by atoms with Gasteiger partial charge in [0.1, 0.15) is 12.3 Å². The molecule has 0 spiro atoms. The zero-order chi connectivity index (χ0) is 24.5. The maximum atomic E-state index is 12.8. The lowest BCUT2D eigenvalue weighted by Gasteiger charge is -2.20. The number of benzene rings is 3. The van der Waals surface area contributed by atoms with Gasteiger partial charge in [0.15, 0.2) is 0 Å². The van der Waals surface area contributed by atoms with E-state index in [1.54, 1.807) is 4.90 Å². The standard InChI is InChI=1S/C26H25ClN4O3/c1-2-3-13-31(14-12-28)25(33)16-18-8-9-20(22-7-5-4-6-21(18)22)17-29-30-26(34)19-10-11-24(32)23(27)15-19/h4-11,15,17,32H,2-3,13-14,16H2,1H3,(H,30,34)/b29-17+. The molecule has 0 saturated carbocycles. The van der Waals surface area contributed by atoms with Gasteiger partial charge in [-0.15, -0.1) is 0 Å². The van der Waals surface area contributed by atoms with Crippen molar-refractivity contribution in [1.29, 1.82) is 5.26 Å². The topological polar surface area (TPSA) is 106 Å². The number of unbranched alkanes of at least 4 members (excludes halogenated alkanes) is 1. The lowest BCUT2D eigenvalue weighted by Crippen LogP contribution is -2.33. The summed E-state index contributed by atoms with van der Waals surface area (Å²) in [6, 6.07) is 17.6. The number of carbonyl (C=O) groups excluding carboxylic acids is 2. The fourth-order valence-electron chi connectivity index (χ4n) is 3.53. The average Bonchev–Trinajstić information content (AvgIpc) is 2.84. The number of aromatic hydroxyl groups is 1. The van der Waals surface area contributed by atoms with E-state index >= 15 is 0 Å². The van der Waals surface area contributed by atoms with E-state index in [9.17, 15) is 14.7 Å². The zero-order valence-electron chi connectivity index (χ0n) is 18.8. The van der Waals surface area contributed by atoms with Crippen LogP contribution in [-0.4, -0.2) is 41.1 Å². The van der Waals surface area contributed by atoms with Crippen LogP contribution in [0.1, 0.15) is 41.3 Å². The van der Waals surface area contributed by atoms with Crippen LogP contribution in [0.3, 0.4) is 0 Å². The summed E-state index contributed by atoms with van der Waals surface area (Å²) < 4.78 is 0. The zero-order valence-corrected chi connectivity index (χ0v) is 19.5. The van der Waals surface area contributed by atoms with E-state index in [-0.39, 0.29) is 35.2 Å². The predicted molar refractivity (Wildman–Crippen MR) is 133 cm³/mol. The molecule has 3 aromatic rings. The van der Waals surface area contributed by atoms with Crippen LogP contribution in [0.5, 0.6) is 5.75 Å². The number of halogens is 1. The number of hydrogen-bond donors (Lipinski definition) is 2. The molecule has 0 saturated heterocycles. The fourth-order valence-corrected chi connectivity index (χ4v) is 3.71. The Morgan fingerprint density at radius 2 is 1.94 bits per heavy atom. The van der Waals surface area contributed by atoms with Gasteiger partial charge in [0.25, 0.3) is 5.91 Å². The second kappa shape index (κ2) is 11.8. The molecule has 0 unspecified atom stereocenters. The molecule has 0 aliphatic heterocycles. The van der Waals surface area contributed by atoms with Crippen LogP contribution >= 0.6 is 11.6 Å². The first kappa shape index (κ1) is 24.7. The number of fused-ring (bicyclic) bond motifs is 1. The molecule has 0 fully saturated rings. The third-order valence-corrected chi connectivity index (χ3v) is 5.67. The van der Waals surface area contributed by atoms with Crippen LogP contribution < -0.4 is 5.43 Å². The molecule has 0 bridgehead atoms. The van der Waals surface area contributed by atoms with Crippen molar-refractivity contribution in [2.24, 2.45) is 5.10 Å². The third kappa shape index (κ3) is 6.12. The van der Waals surface area contributed by atoms with Gasteiger partial charge >= 0.3 is 0 Å². The van der Waals surface area contributed by atoms with E-state index in [0.29, 0.717) is 6.54 Å². The quantitative estimate of drug-likeness (QED) is 0.266. The Labute approximate surface area is 203 Å². The van der Waals surface area contributed by atoms with Crippen LogP contribution in [0.15, 0.2) is 59.7 Å². The van der Waals surface area contributed by atoms with Gasteiger partial charge in [0.05, 0.1) is 23.7 Å². The molecule has 3 aromatic carbocycles. The molecule has 0 aliphatic carbocycles. The van der Waals surface area contributed by atoms with E-state index in [2.05, 4.69) is 16.6 Å². The molecular formula is C26H25ClN4O3. The monoisotopic (exact) mass is 476 g/mol. The van der Waals surface area contributed by atoms with Crippen LogP contribution in [-0.2, 0) is 11.2 Å². The Bertz CT molecular complexity index is 1270. The van der Waals surface area contributed by atoms with E-state index in [1.165, 1.54) is 24.4 Å². The molecule has 2 N–H and O–H groups in total. The molecule has 0 atom stereocenters. The van der Waals surface area contributed by atoms with E-state index in [0.717, 1.165) is 34.7 Å². The highest BCUT2D eigenvalue weighted by Crippen LogP contribution is 2.24. The minimum absolute atomic E-state index is 0.0768. The van der Waals surface area contributed by atoms with Gasteiger partial charge in [0.2, 0.25) is 5.91 Å². The normalized spacial score (nSPS) is 10.9. The number of nitrogens with zero attached hydrogens (tertiary/aromatic N) is 3. The van der Waals surface area contributed by atoms with Gasteiger partial charge in [-0.05, 0) is 41.0 Å². The highest BCUT2D eigenvalue weighted by Gasteiger charge is 2.15. The first-order valence-electron chi connectivity index (χ1n) is 10.9. The summed E-state index contributed by atoms with van der Waals surface area (Å²) in [5.74, 6) is -0.649. The Hall–Kier alpha value is -3.89. The summed E-state index contributed by atoms with van der Waals surface area (Å²) in [4.78, 5) is 26.7. The molecule has 174 valence electrons. The van der Waals surface area contributed by atoms with Crippen molar-refractivity contribution in [3.8, 4) is 11.8 Å². The number of nitrogens with one attached hydrogen (secondary N) is 1. The van der Waals surface area contributed by atoms with Crippen molar-refractivity contribution in [2.45, 2.75) is 26.2 Å². The molecule has 3 rings (SSSR count). The summed E-state index contributed by atoms with van der Waals surface area (Å²) >= 11 is 5.85. The first-order chi connectivity index (χ1) is 16.4. The van der Waals surface area contributed by atoms with Crippen LogP contribution in [0.2, 0.25) is 5.02 Å². The molecule has 0 radical (unpaired) electrons. The smallest absolute Gasteiger partial charge is 0.271 e. The van der Waals surface area contributed by atoms with Crippen LogP contribution in [0.4, 0.5) is 0 Å². The van der Waals surface area contributed by atoms with E-state index < -0.39 is 5.91 Å². The highest BCUT2D eigenvalue weighted by atomic mass is 35.5. The van der Waals surface area contributed by atoms with Gasteiger partial charge in [-0.2, -0.15) is 10.4 Å². The minimum Gasteiger partial charge on any atom is -0.506 e. The van der Waals surface area contributed by atoms with Crippen LogP contribution in [0.25, 0.3) is 10.8 Å². The second-order valence-corrected chi connectivity index (χ2v) is 8.14. The van der Waals surface area contributed by atoms with Crippen molar-refractivity contribution < 1.29 is 14.7 Å². The van der Waals surface area contributed by atoms with Crippen molar-refractivity contribution in [3.05, 3.63) is 76.3 Å². The van der Waals surface area contributed by atoms with Gasteiger partial charge in [0, 0.05) is 17.7 Å². The predicted octanol–water partition coefficient (Wildman–Crippen LogP) is 4.66. The molecule has 0 aromatic heterocycles. The number of amides is 2. The summed E-state index contributed by atoms with van der Waals surface area (Å²) in [7, 11) is 0. The summed E-state index contributed by atoms with van der Waals surface area (Å²) in [6.45, 7) is 2.69. The number of phenols is 1. The molecule has 0 aliphatic rings. The Balaban J connectivity index is 1.78. The highest BCUT2D eigenvalue weighted by molar-refractivity contribution is 6.32. The van der Waals surface area contributed by atoms with E-state index in [1.807, 2.05) is 43.3 Å². The largest absolute Gasteiger partial charge is 0.506 e. The maximum absolute atomic E-state index is 12.8. The Kier molecular flexibility index (Phi) is 8.60. The SMILES string of the molecule is CCCCN(CC#N)C(=O)Cc1ccc(/C=N/NC(=O)c2ccc(O)c(Cl)c2)c2ccccc12. The maximum Gasteiger partial charge on any atom is 0.271 e. The molecule has 7 nitrogen and oxygen atoms in total. The van der Waals surface area contributed by atoms with Gasteiger partial charge in [-0.25, -0.2) is 5.43 Å². The lowest BCUT2D eigenvalue weighted by atomic mass is 9.98. The summed E-state index contributed by atoms with van der Waals surface area (Å²) in [5, 5.41) is 24.5. The Morgan fingerprint density at radius 1 is 1.18 bits per heavy atom. The number of phenolic OH excluding ortho intramolecular Hbond substituents is 1. The third-order valence-electron chi connectivity index (χ3n) is 5.37. The number of rotatable bonds is 9. The molecular weight excluding hydrogens is 452 g/mol. The van der Waals surface area contributed by atoms with E-state index in [4.69, 9.17) is 16.9 Å². The lowest BCUT2D eigenvalue weighted by molar-refractivity contribution is -0.129. The first-order valence-corrected chi connectivity index (χ1v) is 11.3. The molecule has 2 amide bonds. The Morgan fingerprint density at radius 3 is 2.65 bits per heavy atom. The van der Waals surface area contributed by atoms with Crippen LogP contribution in [0, 0.1) is 11.3 Å². The van der Waals surface area contributed by atoms with Gasteiger partial charge in [-0.1, -0.05) is 61.3 Å². The molecule has 8 heteroatoms. The van der Waals surface area contributed by atoms with Crippen molar-refractivity contribution in [3.63, 3.8) is 0 Å². The molecule has 34 heavy (non-hydrogen) atoms. The van der Waals surface area contributed by atoms with Gasteiger partial charge < -0.3 is 10.0 Å². The number of hydrazone groups is 1. The number of nitriles is 1. The van der Waals surface area contributed by atoms with Crippen molar-refractivity contribution in [1.82, 2.24) is 10.3 Å². The van der Waals surface area contributed by atoms with Crippen molar-refractivity contribution in [2.75, 3.05) is 13.1 Å². The fraction of sp³-hybridized carbons (Fsp3) is 0.231. The average molecular weight is 477 g/mol. The molecule has 0 heterocycles. The number of hydrogen-bond acceptors (Lipinski definition) is 5. The summed E-state index contributed by atoms with van der Waals surface area (Å²) in [6.07, 6.45) is 3.53. The van der Waals surface area contributed by atoms with Crippen molar-refractivity contribution >= 4 is 40.4 Å². The second-order valence-electron chi connectivity index (χ2n) is 7.73.